The molecule has 0 nitrogen and oxygen atoms in total. The first-order valence-corrected chi connectivity index (χ1v) is 6.01. The van der Waals surface area contributed by atoms with Gasteiger partial charge in [-0.1, -0.05) is 38.8 Å². The maximum Gasteiger partial charge on any atom is -0.0199 e. The van der Waals surface area contributed by atoms with Crippen LogP contribution in [0.4, 0.5) is 0 Å². The third kappa shape index (κ3) is 1.68. The van der Waals surface area contributed by atoms with Crippen LogP contribution in [-0.2, 0) is 0 Å². The second-order valence-electron chi connectivity index (χ2n) is 4.90. The van der Waals surface area contributed by atoms with Gasteiger partial charge < -0.3 is 0 Å². The lowest BCUT2D eigenvalue weighted by Crippen LogP contribution is -2.28. The van der Waals surface area contributed by atoms with Gasteiger partial charge in [0.2, 0.25) is 0 Å². The molecule has 0 aliphatic heterocycles. The number of hydrogen-bond acceptors (Lipinski definition) is 0. The van der Waals surface area contributed by atoms with E-state index in [1.165, 1.54) is 32.1 Å². The Bertz CT molecular complexity index is 192. The molecule has 0 amide bonds. The third-order valence-electron chi connectivity index (χ3n) is 4.32. The van der Waals surface area contributed by atoms with Crippen molar-refractivity contribution in [3.63, 3.8) is 0 Å². The van der Waals surface area contributed by atoms with Crippen molar-refractivity contribution in [2.24, 2.45) is 23.7 Å². The Morgan fingerprint density at radius 1 is 1.08 bits per heavy atom. The van der Waals surface area contributed by atoms with E-state index in [9.17, 15) is 0 Å². The minimum atomic E-state index is 0.952. The Hall–Kier alpha value is -0.260. The third-order valence-corrected chi connectivity index (χ3v) is 4.32. The van der Waals surface area contributed by atoms with Crippen molar-refractivity contribution < 1.29 is 0 Å². The minimum Gasteiger partial charge on any atom is -0.0880 e. The van der Waals surface area contributed by atoms with E-state index in [1.54, 1.807) is 0 Å². The van der Waals surface area contributed by atoms with E-state index in [2.05, 4.69) is 26.0 Å². The smallest absolute Gasteiger partial charge is 0.0199 e. The second-order valence-corrected chi connectivity index (χ2v) is 4.90. The molecule has 0 heterocycles. The highest BCUT2D eigenvalue weighted by Gasteiger charge is 2.35. The zero-order valence-corrected chi connectivity index (χ0v) is 9.00. The number of hydrogen-bond donors (Lipinski definition) is 0. The zero-order valence-electron chi connectivity index (χ0n) is 9.00. The van der Waals surface area contributed by atoms with Gasteiger partial charge in [0.25, 0.3) is 0 Å². The highest BCUT2D eigenvalue weighted by molar-refractivity contribution is 5.04. The summed E-state index contributed by atoms with van der Waals surface area (Å²) in [5.74, 6) is 4.03. The molecular weight excluding hydrogens is 156 g/mol. The molecule has 2 aliphatic carbocycles. The van der Waals surface area contributed by atoms with E-state index < -0.39 is 0 Å². The normalized spacial score (nSPS) is 43.5. The molecule has 4 atom stereocenters. The molecule has 0 heteroatoms. The highest BCUT2D eigenvalue weighted by atomic mass is 14.4. The molecule has 0 aromatic carbocycles. The summed E-state index contributed by atoms with van der Waals surface area (Å²) in [5, 5.41) is 0. The maximum absolute atomic E-state index is 2.49. The van der Waals surface area contributed by atoms with E-state index in [4.69, 9.17) is 0 Å². The first-order chi connectivity index (χ1) is 6.35. The van der Waals surface area contributed by atoms with Crippen molar-refractivity contribution in [1.29, 1.82) is 0 Å². The molecule has 1 saturated carbocycles. The van der Waals surface area contributed by atoms with E-state index in [0.717, 1.165) is 23.7 Å². The topological polar surface area (TPSA) is 0 Å². The summed E-state index contributed by atoms with van der Waals surface area (Å²) in [4.78, 5) is 0. The van der Waals surface area contributed by atoms with Crippen molar-refractivity contribution in [2.45, 2.75) is 46.0 Å². The molecule has 0 spiro atoms. The van der Waals surface area contributed by atoms with Crippen LogP contribution in [-0.4, -0.2) is 0 Å². The molecule has 2 rings (SSSR count). The lowest BCUT2D eigenvalue weighted by atomic mass is 9.68. The predicted molar refractivity (Wildman–Crippen MR) is 57.5 cm³/mol. The summed E-state index contributed by atoms with van der Waals surface area (Å²) in [6.07, 6.45) is 12.1. The largest absolute Gasteiger partial charge is 0.0880 e. The summed E-state index contributed by atoms with van der Waals surface area (Å²) in [7, 11) is 0. The summed E-state index contributed by atoms with van der Waals surface area (Å²) < 4.78 is 0. The second kappa shape index (κ2) is 3.86. The Balaban J connectivity index is 2.02. The van der Waals surface area contributed by atoms with Crippen molar-refractivity contribution in [3.05, 3.63) is 12.2 Å². The minimum absolute atomic E-state index is 0.952. The Kier molecular flexibility index (Phi) is 2.76. The molecule has 0 saturated heterocycles. The van der Waals surface area contributed by atoms with Gasteiger partial charge in [0, 0.05) is 0 Å². The van der Waals surface area contributed by atoms with Crippen molar-refractivity contribution in [2.75, 3.05) is 0 Å². The molecule has 74 valence electrons. The SMILES string of the molecule is CC[C@@H]1CC2C=CCC2C[C@@H]1CC. The van der Waals surface area contributed by atoms with Crippen LogP contribution in [0.25, 0.3) is 0 Å². The monoisotopic (exact) mass is 178 g/mol. The van der Waals surface area contributed by atoms with Gasteiger partial charge in [-0.25, -0.2) is 0 Å². The van der Waals surface area contributed by atoms with E-state index in [0.29, 0.717) is 0 Å². The quantitative estimate of drug-likeness (QED) is 0.560. The first-order valence-electron chi connectivity index (χ1n) is 6.01. The number of allylic oxidation sites excluding steroid dienone is 2. The van der Waals surface area contributed by atoms with Crippen LogP contribution in [0.1, 0.15) is 46.0 Å². The number of rotatable bonds is 2. The highest BCUT2D eigenvalue weighted by Crippen LogP contribution is 2.45. The standard InChI is InChI=1S/C13H22/c1-3-10-8-12-6-5-7-13(12)9-11(10)4-2/h5-6,10-13H,3-4,7-9H2,1-2H3/t10-,11+,12?,13?/m1/s1. The molecule has 0 aromatic rings. The molecule has 13 heavy (non-hydrogen) atoms. The van der Waals surface area contributed by atoms with Gasteiger partial charge in [-0.2, -0.15) is 0 Å². The molecule has 0 aromatic heterocycles. The van der Waals surface area contributed by atoms with Crippen molar-refractivity contribution >= 4 is 0 Å². The summed E-state index contributed by atoms with van der Waals surface area (Å²) >= 11 is 0. The van der Waals surface area contributed by atoms with E-state index in [-0.39, 0.29) is 0 Å². The predicted octanol–water partition coefficient (Wildman–Crippen LogP) is 4.02. The fraction of sp³-hybridized carbons (Fsp3) is 0.846. The lowest BCUT2D eigenvalue weighted by Gasteiger charge is -2.37. The van der Waals surface area contributed by atoms with Crippen molar-refractivity contribution in [3.8, 4) is 0 Å². The maximum atomic E-state index is 2.49. The average molecular weight is 178 g/mol. The van der Waals surface area contributed by atoms with Gasteiger partial charge >= 0.3 is 0 Å². The Labute approximate surface area is 82.4 Å². The van der Waals surface area contributed by atoms with E-state index in [1.807, 2.05) is 0 Å². The van der Waals surface area contributed by atoms with Crippen molar-refractivity contribution in [1.82, 2.24) is 0 Å². The summed E-state index contributed by atoms with van der Waals surface area (Å²) in [6.45, 7) is 4.74. The van der Waals surface area contributed by atoms with Gasteiger partial charge in [0.15, 0.2) is 0 Å². The van der Waals surface area contributed by atoms with Crippen LogP contribution in [0.5, 0.6) is 0 Å². The van der Waals surface area contributed by atoms with Crippen LogP contribution in [0.15, 0.2) is 12.2 Å². The molecule has 0 N–H and O–H groups in total. The Morgan fingerprint density at radius 3 is 2.46 bits per heavy atom. The Morgan fingerprint density at radius 2 is 1.77 bits per heavy atom. The van der Waals surface area contributed by atoms with Gasteiger partial charge in [-0.3, -0.25) is 0 Å². The van der Waals surface area contributed by atoms with Crippen LogP contribution in [0.3, 0.4) is 0 Å². The van der Waals surface area contributed by atoms with Crippen LogP contribution in [0, 0.1) is 23.7 Å². The fourth-order valence-corrected chi connectivity index (χ4v) is 3.43. The van der Waals surface area contributed by atoms with Gasteiger partial charge in [-0.05, 0) is 42.9 Å². The number of fused-ring (bicyclic) bond motifs is 1. The van der Waals surface area contributed by atoms with Crippen LogP contribution in [0.2, 0.25) is 0 Å². The average Bonchev–Trinajstić information content (AvgIpc) is 2.62. The zero-order chi connectivity index (χ0) is 9.26. The molecule has 2 aliphatic rings. The molecular formula is C13H22. The molecule has 0 radical (unpaired) electrons. The summed E-state index contributed by atoms with van der Waals surface area (Å²) in [6, 6.07) is 0. The fourth-order valence-electron chi connectivity index (χ4n) is 3.43. The molecule has 2 unspecified atom stereocenters. The van der Waals surface area contributed by atoms with E-state index >= 15 is 0 Å². The van der Waals surface area contributed by atoms with Gasteiger partial charge in [-0.15, -0.1) is 0 Å². The lowest BCUT2D eigenvalue weighted by molar-refractivity contribution is 0.140. The molecule has 0 bridgehead atoms. The molecule has 1 fully saturated rings. The first kappa shape index (κ1) is 9.30. The van der Waals surface area contributed by atoms with Gasteiger partial charge in [0.05, 0.1) is 0 Å². The van der Waals surface area contributed by atoms with Crippen LogP contribution < -0.4 is 0 Å². The van der Waals surface area contributed by atoms with Crippen LogP contribution >= 0.6 is 0 Å². The van der Waals surface area contributed by atoms with Gasteiger partial charge in [0.1, 0.15) is 0 Å². The summed E-state index contributed by atoms with van der Waals surface area (Å²) in [5.41, 5.74) is 0.